The van der Waals surface area contributed by atoms with Gasteiger partial charge < -0.3 is 0 Å². The number of ketones is 1. The maximum Gasteiger partial charge on any atom is 0.235 e. The summed E-state index contributed by atoms with van der Waals surface area (Å²) in [6, 6.07) is 11.9. The second-order valence-electron chi connectivity index (χ2n) is 3.96. The van der Waals surface area contributed by atoms with Crippen molar-refractivity contribution < 1.29 is 9.59 Å². The van der Waals surface area contributed by atoms with Crippen LogP contribution in [0.2, 0.25) is 5.02 Å². The number of aryl methyl sites for hydroxylation is 1. The predicted molar refractivity (Wildman–Crippen MR) is 70.9 cm³/mol. The molecule has 0 bridgehead atoms. The predicted octanol–water partition coefficient (Wildman–Crippen LogP) is 3.34. The molecule has 0 aliphatic heterocycles. The first-order valence-electron chi connectivity index (χ1n) is 5.41. The summed E-state index contributed by atoms with van der Waals surface area (Å²) in [5.74, 6) is -0.197. The van der Waals surface area contributed by atoms with Crippen LogP contribution in [0.4, 0.5) is 0 Å². The van der Waals surface area contributed by atoms with E-state index in [1.165, 1.54) is 6.07 Å². The van der Waals surface area contributed by atoms with Crippen molar-refractivity contribution >= 4 is 23.7 Å². The van der Waals surface area contributed by atoms with Gasteiger partial charge in [-0.05, 0) is 19.1 Å². The fraction of sp³-hybridized carbons (Fsp3) is 0.0667. The highest BCUT2D eigenvalue weighted by molar-refractivity contribution is 6.37. The Morgan fingerprint density at radius 1 is 1.11 bits per heavy atom. The quantitative estimate of drug-likeness (QED) is 0.791. The molecule has 2 nitrogen and oxygen atoms in total. The Balaban J connectivity index is 2.46. The van der Waals surface area contributed by atoms with E-state index in [1.54, 1.807) is 30.6 Å². The molecular weight excluding hydrogens is 248 g/mol. The van der Waals surface area contributed by atoms with Crippen LogP contribution >= 0.6 is 11.6 Å². The van der Waals surface area contributed by atoms with E-state index in [1.807, 2.05) is 19.1 Å². The highest BCUT2D eigenvalue weighted by atomic mass is 35.5. The van der Waals surface area contributed by atoms with E-state index in [4.69, 9.17) is 11.6 Å². The number of halogens is 1. The van der Waals surface area contributed by atoms with Crippen molar-refractivity contribution in [2.24, 2.45) is 0 Å². The average molecular weight is 258 g/mol. The summed E-state index contributed by atoms with van der Waals surface area (Å²) in [6.07, 6.45) is 1.72. The Morgan fingerprint density at radius 2 is 1.78 bits per heavy atom. The van der Waals surface area contributed by atoms with Crippen LogP contribution in [-0.2, 0) is 4.79 Å². The summed E-state index contributed by atoms with van der Waals surface area (Å²) in [6.45, 7) is 1.95. The molecule has 0 N–H and O–H groups in total. The van der Waals surface area contributed by atoms with Gasteiger partial charge in [0.15, 0.2) is 5.78 Å². The molecule has 2 aromatic rings. The van der Waals surface area contributed by atoms with E-state index in [0.29, 0.717) is 11.1 Å². The molecule has 2 rings (SSSR count). The summed E-state index contributed by atoms with van der Waals surface area (Å²) in [4.78, 5) is 22.9. The van der Waals surface area contributed by atoms with Gasteiger partial charge in [-0.1, -0.05) is 47.5 Å². The molecule has 1 radical (unpaired) electrons. The molecule has 0 spiro atoms. The Hall–Kier alpha value is -1.93. The monoisotopic (exact) mass is 257 g/mol. The first-order chi connectivity index (χ1) is 8.63. The van der Waals surface area contributed by atoms with Gasteiger partial charge in [-0.2, -0.15) is 0 Å². The molecule has 2 aromatic carbocycles. The van der Waals surface area contributed by atoms with Crippen LogP contribution < -0.4 is 0 Å². The number of benzene rings is 2. The van der Waals surface area contributed by atoms with E-state index in [9.17, 15) is 9.59 Å². The maximum absolute atomic E-state index is 12.2. The number of hydrogen-bond acceptors (Lipinski definition) is 2. The molecule has 0 aliphatic rings. The van der Waals surface area contributed by atoms with Gasteiger partial charge >= 0.3 is 0 Å². The molecule has 0 unspecified atom stereocenters. The van der Waals surface area contributed by atoms with Gasteiger partial charge in [0.25, 0.3) is 0 Å². The normalized spacial score (nSPS) is 10.1. The molecule has 18 heavy (non-hydrogen) atoms. The third-order valence-electron chi connectivity index (χ3n) is 2.67. The van der Waals surface area contributed by atoms with Crippen molar-refractivity contribution in [3.05, 3.63) is 69.7 Å². The molecule has 0 aliphatic carbocycles. The summed E-state index contributed by atoms with van der Waals surface area (Å²) < 4.78 is 0. The number of carbonyl (C=O) groups excluding carboxylic acids is 2. The molecule has 89 valence electrons. The van der Waals surface area contributed by atoms with Crippen LogP contribution in [0, 0.1) is 6.92 Å². The first kappa shape index (κ1) is 12.5. The van der Waals surface area contributed by atoms with Crippen LogP contribution in [-0.4, -0.2) is 12.1 Å². The van der Waals surface area contributed by atoms with E-state index >= 15 is 0 Å². The Bertz CT molecular complexity index is 600. The molecule has 3 heteroatoms. The largest absolute Gasteiger partial charge is 0.289 e. The van der Waals surface area contributed by atoms with Crippen LogP contribution in [0.5, 0.6) is 0 Å². The summed E-state index contributed by atoms with van der Waals surface area (Å²) in [5, 5.41) is 0.151. The van der Waals surface area contributed by atoms with Crippen molar-refractivity contribution in [2.75, 3.05) is 0 Å². The second kappa shape index (κ2) is 5.15. The van der Waals surface area contributed by atoms with Crippen LogP contribution in [0.15, 0.2) is 42.5 Å². The van der Waals surface area contributed by atoms with Crippen LogP contribution in [0.1, 0.15) is 27.0 Å². The lowest BCUT2D eigenvalue weighted by atomic mass is 10.0. The van der Waals surface area contributed by atoms with Crippen LogP contribution in [0.3, 0.4) is 0 Å². The highest BCUT2D eigenvalue weighted by Crippen LogP contribution is 2.22. The van der Waals surface area contributed by atoms with E-state index in [-0.39, 0.29) is 16.4 Å². The summed E-state index contributed by atoms with van der Waals surface area (Å²) in [7, 11) is 0. The maximum atomic E-state index is 12.2. The van der Waals surface area contributed by atoms with Gasteiger partial charge in [-0.25, -0.2) is 0 Å². The second-order valence-corrected chi connectivity index (χ2v) is 4.34. The number of rotatable bonds is 3. The van der Waals surface area contributed by atoms with E-state index < -0.39 is 0 Å². The minimum atomic E-state index is -0.197. The molecule has 0 saturated heterocycles. The zero-order valence-corrected chi connectivity index (χ0v) is 10.5. The van der Waals surface area contributed by atoms with Gasteiger partial charge in [0, 0.05) is 16.7 Å². The minimum absolute atomic E-state index is 0.151. The Kier molecular flexibility index (Phi) is 3.58. The Labute approximate surface area is 110 Å². The summed E-state index contributed by atoms with van der Waals surface area (Å²) in [5.41, 5.74) is 2.15. The smallest absolute Gasteiger partial charge is 0.235 e. The molecule has 0 atom stereocenters. The van der Waals surface area contributed by atoms with Crippen molar-refractivity contribution in [3.63, 3.8) is 0 Å². The molecule has 0 saturated carbocycles. The van der Waals surface area contributed by atoms with Crippen molar-refractivity contribution in [3.8, 4) is 0 Å². The molecule has 0 heterocycles. The fourth-order valence-electron chi connectivity index (χ4n) is 1.65. The van der Waals surface area contributed by atoms with E-state index in [2.05, 4.69) is 0 Å². The highest BCUT2D eigenvalue weighted by Gasteiger charge is 2.14. The third kappa shape index (κ3) is 2.34. The molecule has 0 aromatic heterocycles. The van der Waals surface area contributed by atoms with Crippen molar-refractivity contribution in [1.82, 2.24) is 0 Å². The number of carbonyl (C=O) groups is 1. The topological polar surface area (TPSA) is 34.1 Å². The molecule has 0 amide bonds. The van der Waals surface area contributed by atoms with Crippen molar-refractivity contribution in [1.29, 1.82) is 0 Å². The van der Waals surface area contributed by atoms with Gasteiger partial charge in [0.1, 0.15) is 0 Å². The third-order valence-corrected chi connectivity index (χ3v) is 3.07. The van der Waals surface area contributed by atoms with Crippen LogP contribution in [0.25, 0.3) is 0 Å². The minimum Gasteiger partial charge on any atom is -0.289 e. The lowest BCUT2D eigenvalue weighted by Crippen LogP contribution is -2.03. The lowest BCUT2D eigenvalue weighted by molar-refractivity contribution is 0.103. The first-order valence-corrected chi connectivity index (χ1v) is 5.79. The standard InChI is InChI=1S/C15H10ClO2/c1-10-5-7-11(8-6-10)15(18)13-4-2-3-12(9-17)14(13)16/h2-8H,1H3. The summed E-state index contributed by atoms with van der Waals surface area (Å²) >= 11 is 6.00. The zero-order chi connectivity index (χ0) is 13.1. The fourth-order valence-corrected chi connectivity index (χ4v) is 1.90. The van der Waals surface area contributed by atoms with Gasteiger partial charge in [-0.3, -0.25) is 9.59 Å². The van der Waals surface area contributed by atoms with E-state index in [0.717, 1.165) is 5.56 Å². The van der Waals surface area contributed by atoms with Gasteiger partial charge in [-0.15, -0.1) is 0 Å². The van der Waals surface area contributed by atoms with Gasteiger partial charge in [0.05, 0.1) is 5.02 Å². The van der Waals surface area contributed by atoms with Gasteiger partial charge in [0.2, 0.25) is 6.29 Å². The molecule has 0 fully saturated rings. The lowest BCUT2D eigenvalue weighted by Gasteiger charge is -2.05. The SMILES string of the molecule is Cc1ccc(C(=O)c2cccc([C]=O)c2Cl)cc1. The number of hydrogen-bond donors (Lipinski definition) is 0. The molecular formula is C15H10ClO2. The average Bonchev–Trinajstić information content (AvgIpc) is 2.39. The Morgan fingerprint density at radius 3 is 2.39 bits per heavy atom. The van der Waals surface area contributed by atoms with Crippen molar-refractivity contribution in [2.45, 2.75) is 6.92 Å². The zero-order valence-electron chi connectivity index (χ0n) is 9.74.